The van der Waals surface area contributed by atoms with Crippen LogP contribution in [0.25, 0.3) is 11.0 Å². The van der Waals surface area contributed by atoms with Crippen LogP contribution in [-0.4, -0.2) is 25.7 Å². The maximum absolute atomic E-state index is 11.8. The van der Waals surface area contributed by atoms with E-state index in [2.05, 4.69) is 5.43 Å². The zero-order chi connectivity index (χ0) is 14.7. The monoisotopic (exact) mass is 290 g/mol. The number of nitrogen functional groups attached to an aromatic ring is 1. The van der Waals surface area contributed by atoms with Gasteiger partial charge in [-0.1, -0.05) is 18.2 Å². The molecule has 1 aromatic heterocycles. The molecule has 2 heterocycles. The molecular weight excluding hydrogens is 272 g/mol. The molecule has 2 aromatic rings. The first-order chi connectivity index (χ1) is 10.3. The average Bonchev–Trinajstić information content (AvgIpc) is 3.14. The fourth-order valence-corrected chi connectivity index (χ4v) is 2.53. The van der Waals surface area contributed by atoms with Crippen molar-refractivity contribution in [2.45, 2.75) is 13.0 Å². The van der Waals surface area contributed by atoms with Gasteiger partial charge >= 0.3 is 5.91 Å². The Labute approximate surface area is 122 Å². The molecule has 0 radical (unpaired) electrons. The van der Waals surface area contributed by atoms with Crippen LogP contribution in [0.4, 0.5) is 0 Å². The highest BCUT2D eigenvalue weighted by molar-refractivity contribution is 5.98. The number of rotatable bonds is 5. The van der Waals surface area contributed by atoms with Crippen molar-refractivity contribution >= 4 is 16.9 Å². The Hall–Kier alpha value is -1.89. The third-order valence-corrected chi connectivity index (χ3v) is 3.66. The Morgan fingerprint density at radius 2 is 2.29 bits per heavy atom. The van der Waals surface area contributed by atoms with E-state index in [9.17, 15) is 4.79 Å². The fraction of sp³-hybridized carbons (Fsp3) is 0.400. The normalized spacial score (nSPS) is 18.2. The van der Waals surface area contributed by atoms with Gasteiger partial charge in [-0.25, -0.2) is 5.84 Å². The van der Waals surface area contributed by atoms with E-state index in [0.29, 0.717) is 24.7 Å². The third-order valence-electron chi connectivity index (χ3n) is 3.66. The predicted molar refractivity (Wildman–Crippen MR) is 76.4 cm³/mol. The molecule has 6 heteroatoms. The highest BCUT2D eigenvalue weighted by Gasteiger charge is 2.21. The van der Waals surface area contributed by atoms with Crippen LogP contribution in [-0.2, 0) is 16.1 Å². The van der Waals surface area contributed by atoms with Gasteiger partial charge in [-0.15, -0.1) is 0 Å². The first-order valence-electron chi connectivity index (χ1n) is 6.96. The predicted octanol–water partition coefficient (Wildman–Crippen LogP) is 1.59. The van der Waals surface area contributed by atoms with Gasteiger partial charge in [0.15, 0.2) is 5.76 Å². The summed E-state index contributed by atoms with van der Waals surface area (Å²) in [5.74, 6) is 5.39. The van der Waals surface area contributed by atoms with E-state index in [4.69, 9.17) is 19.7 Å². The van der Waals surface area contributed by atoms with Crippen LogP contribution < -0.4 is 11.3 Å². The largest absolute Gasteiger partial charge is 0.450 e. The highest BCUT2D eigenvalue weighted by atomic mass is 16.5. The zero-order valence-electron chi connectivity index (χ0n) is 11.6. The topological polar surface area (TPSA) is 86.7 Å². The molecule has 3 rings (SSSR count). The maximum atomic E-state index is 11.8. The Morgan fingerprint density at radius 1 is 1.43 bits per heavy atom. The lowest BCUT2D eigenvalue weighted by Gasteiger charge is -2.08. The number of hydrazine groups is 1. The van der Waals surface area contributed by atoms with E-state index in [1.807, 2.05) is 24.3 Å². The van der Waals surface area contributed by atoms with Crippen molar-refractivity contribution in [3.8, 4) is 0 Å². The fourth-order valence-electron chi connectivity index (χ4n) is 2.53. The lowest BCUT2D eigenvalue weighted by atomic mass is 10.1. The summed E-state index contributed by atoms with van der Waals surface area (Å²) < 4.78 is 16.6. The number of amides is 1. The number of fused-ring (bicyclic) bond motifs is 1. The van der Waals surface area contributed by atoms with Crippen molar-refractivity contribution in [1.29, 1.82) is 0 Å². The number of nitrogens with two attached hydrogens (primary N) is 1. The third kappa shape index (κ3) is 2.92. The molecule has 0 spiro atoms. The van der Waals surface area contributed by atoms with Gasteiger partial charge in [-0.05, 0) is 12.5 Å². The van der Waals surface area contributed by atoms with Crippen molar-refractivity contribution in [2.24, 2.45) is 11.8 Å². The number of carbonyl (C=O) groups is 1. The number of benzene rings is 1. The van der Waals surface area contributed by atoms with Crippen LogP contribution in [0.3, 0.4) is 0 Å². The average molecular weight is 290 g/mol. The molecule has 1 atom stereocenters. The van der Waals surface area contributed by atoms with Crippen LogP contribution in [0, 0.1) is 5.92 Å². The molecule has 1 fully saturated rings. The summed E-state index contributed by atoms with van der Waals surface area (Å²) in [6.45, 7) is 2.46. The standard InChI is InChI=1S/C15H18N2O4/c16-17-15(18)14-12(9-20-8-10-5-6-19-7-10)11-3-1-2-4-13(11)21-14/h1-4,10H,5-9,16H2,(H,17,18). The van der Waals surface area contributed by atoms with E-state index in [-0.39, 0.29) is 5.76 Å². The van der Waals surface area contributed by atoms with E-state index in [1.54, 1.807) is 0 Å². The molecule has 1 amide bonds. The summed E-state index contributed by atoms with van der Waals surface area (Å²) >= 11 is 0. The summed E-state index contributed by atoms with van der Waals surface area (Å²) in [6.07, 6.45) is 1.02. The Morgan fingerprint density at radius 3 is 3.05 bits per heavy atom. The molecule has 6 nitrogen and oxygen atoms in total. The Balaban J connectivity index is 1.79. The molecule has 1 saturated heterocycles. The van der Waals surface area contributed by atoms with Crippen molar-refractivity contribution < 1.29 is 18.7 Å². The maximum Gasteiger partial charge on any atom is 0.301 e. The second kappa shape index (κ2) is 6.26. The molecule has 0 saturated carbocycles. The van der Waals surface area contributed by atoms with Crippen LogP contribution in [0.2, 0.25) is 0 Å². The molecule has 21 heavy (non-hydrogen) atoms. The van der Waals surface area contributed by atoms with Crippen LogP contribution in [0.15, 0.2) is 28.7 Å². The minimum absolute atomic E-state index is 0.210. The summed E-state index contributed by atoms with van der Waals surface area (Å²) in [4.78, 5) is 11.8. The van der Waals surface area contributed by atoms with E-state index < -0.39 is 5.91 Å². The molecule has 1 unspecified atom stereocenters. The molecule has 112 valence electrons. The lowest BCUT2D eigenvalue weighted by Crippen LogP contribution is -2.30. The van der Waals surface area contributed by atoms with Crippen LogP contribution >= 0.6 is 0 Å². The first kappa shape index (κ1) is 14.1. The van der Waals surface area contributed by atoms with Crippen LogP contribution in [0.5, 0.6) is 0 Å². The van der Waals surface area contributed by atoms with Gasteiger partial charge in [0, 0.05) is 23.5 Å². The van der Waals surface area contributed by atoms with Gasteiger partial charge < -0.3 is 13.9 Å². The first-order valence-corrected chi connectivity index (χ1v) is 6.96. The number of hydrogen-bond donors (Lipinski definition) is 2. The minimum Gasteiger partial charge on any atom is -0.450 e. The molecule has 0 bridgehead atoms. The molecule has 1 aliphatic rings. The lowest BCUT2D eigenvalue weighted by molar-refractivity contribution is 0.0769. The summed E-state index contributed by atoms with van der Waals surface area (Å²) in [5, 5.41) is 0.874. The zero-order valence-corrected chi connectivity index (χ0v) is 11.6. The number of furan rings is 1. The second-order valence-corrected chi connectivity index (χ2v) is 5.12. The van der Waals surface area contributed by atoms with E-state index in [1.165, 1.54) is 0 Å². The van der Waals surface area contributed by atoms with Gasteiger partial charge in [0.2, 0.25) is 0 Å². The smallest absolute Gasteiger partial charge is 0.301 e. The van der Waals surface area contributed by atoms with Crippen molar-refractivity contribution in [1.82, 2.24) is 5.43 Å². The van der Waals surface area contributed by atoms with E-state index in [0.717, 1.165) is 30.6 Å². The summed E-state index contributed by atoms with van der Waals surface area (Å²) in [6, 6.07) is 7.48. The van der Waals surface area contributed by atoms with Crippen molar-refractivity contribution in [3.05, 3.63) is 35.6 Å². The van der Waals surface area contributed by atoms with E-state index >= 15 is 0 Å². The number of para-hydroxylation sites is 1. The molecule has 1 aliphatic heterocycles. The van der Waals surface area contributed by atoms with Crippen molar-refractivity contribution in [2.75, 3.05) is 19.8 Å². The van der Waals surface area contributed by atoms with Gasteiger partial charge in [0.25, 0.3) is 0 Å². The molecular formula is C15H18N2O4. The number of hydrogen-bond acceptors (Lipinski definition) is 5. The number of ether oxygens (including phenoxy) is 2. The highest BCUT2D eigenvalue weighted by Crippen LogP contribution is 2.27. The minimum atomic E-state index is -0.450. The molecule has 3 N–H and O–H groups in total. The van der Waals surface area contributed by atoms with Gasteiger partial charge in [0.1, 0.15) is 5.58 Å². The Bertz CT molecular complexity index is 632. The quantitative estimate of drug-likeness (QED) is 0.496. The second-order valence-electron chi connectivity index (χ2n) is 5.12. The van der Waals surface area contributed by atoms with Gasteiger partial charge in [-0.3, -0.25) is 10.2 Å². The Kier molecular flexibility index (Phi) is 4.19. The van der Waals surface area contributed by atoms with Crippen LogP contribution in [0.1, 0.15) is 22.5 Å². The number of nitrogens with one attached hydrogen (secondary N) is 1. The van der Waals surface area contributed by atoms with Gasteiger partial charge in [-0.2, -0.15) is 0 Å². The summed E-state index contributed by atoms with van der Waals surface area (Å²) in [7, 11) is 0. The molecule has 1 aromatic carbocycles. The van der Waals surface area contributed by atoms with Crippen molar-refractivity contribution in [3.63, 3.8) is 0 Å². The SMILES string of the molecule is NNC(=O)c1oc2ccccc2c1COCC1CCOC1. The molecule has 0 aliphatic carbocycles. The summed E-state index contributed by atoms with van der Waals surface area (Å²) in [5.41, 5.74) is 3.49. The number of carbonyl (C=O) groups excluding carboxylic acids is 1. The van der Waals surface area contributed by atoms with Gasteiger partial charge in [0.05, 0.1) is 19.8 Å².